The van der Waals surface area contributed by atoms with Crippen LogP contribution in [0, 0.1) is 0 Å². The number of nitrogen functional groups attached to an aromatic ring is 1. The van der Waals surface area contributed by atoms with Gasteiger partial charge in [0.1, 0.15) is 11.3 Å². The fraction of sp³-hybridized carbons (Fsp3) is 0. The van der Waals surface area contributed by atoms with E-state index in [0.717, 1.165) is 4.73 Å². The van der Waals surface area contributed by atoms with Gasteiger partial charge >= 0.3 is 0 Å². The van der Waals surface area contributed by atoms with E-state index >= 15 is 0 Å². The molecule has 0 aliphatic carbocycles. The number of phenolic OH excluding ortho intramolecular Hbond substituents is 1. The molecule has 2 rings (SSSR count). The van der Waals surface area contributed by atoms with Gasteiger partial charge in [0.25, 0.3) is 0 Å². The number of benzene rings is 1. The van der Waals surface area contributed by atoms with E-state index in [1.807, 2.05) is 0 Å². The Labute approximate surface area is 68.4 Å². The highest BCUT2D eigenvalue weighted by molar-refractivity contribution is 5.94. The maximum Gasteiger partial charge on any atom is 0.125 e. The van der Waals surface area contributed by atoms with Gasteiger partial charge in [-0.25, -0.2) is 0 Å². The highest BCUT2D eigenvalue weighted by Gasteiger charge is 2.06. The molecule has 1 aromatic carbocycles. The molecule has 4 N–H and O–H groups in total. The predicted molar refractivity (Wildman–Crippen MR) is 45.2 cm³/mol. The van der Waals surface area contributed by atoms with Crippen molar-refractivity contribution in [3.63, 3.8) is 0 Å². The zero-order chi connectivity index (χ0) is 8.72. The predicted octanol–water partition coefficient (Wildman–Crippen LogP) is 1.17. The minimum atomic E-state index is 0.118. The lowest BCUT2D eigenvalue weighted by Crippen LogP contribution is -1.92. The third-order valence-electron chi connectivity index (χ3n) is 1.84. The van der Waals surface area contributed by atoms with Crippen LogP contribution < -0.4 is 5.73 Å². The third kappa shape index (κ3) is 0.717. The molecule has 0 saturated heterocycles. The van der Waals surface area contributed by atoms with E-state index in [1.165, 1.54) is 12.3 Å². The van der Waals surface area contributed by atoms with Crippen molar-refractivity contribution in [2.45, 2.75) is 0 Å². The second-order valence-corrected chi connectivity index (χ2v) is 2.60. The smallest absolute Gasteiger partial charge is 0.125 e. The van der Waals surface area contributed by atoms with E-state index in [0.29, 0.717) is 16.6 Å². The van der Waals surface area contributed by atoms with Crippen molar-refractivity contribution < 1.29 is 10.3 Å². The first-order chi connectivity index (χ1) is 5.70. The SMILES string of the molecule is Nc1ccc(O)c2ccn(O)c12. The van der Waals surface area contributed by atoms with Crippen molar-refractivity contribution in [1.82, 2.24) is 4.73 Å². The lowest BCUT2D eigenvalue weighted by Gasteiger charge is -2.00. The summed E-state index contributed by atoms with van der Waals surface area (Å²) >= 11 is 0. The molecule has 0 aliphatic rings. The molecule has 0 fully saturated rings. The van der Waals surface area contributed by atoms with Crippen molar-refractivity contribution in [3.8, 4) is 5.75 Å². The average Bonchev–Trinajstić information content (AvgIpc) is 2.42. The normalized spacial score (nSPS) is 10.7. The van der Waals surface area contributed by atoms with E-state index in [2.05, 4.69) is 0 Å². The molecule has 12 heavy (non-hydrogen) atoms. The molecule has 0 spiro atoms. The number of nitrogens with zero attached hydrogens (tertiary/aromatic N) is 1. The summed E-state index contributed by atoms with van der Waals surface area (Å²) in [5.74, 6) is 0.118. The maximum absolute atomic E-state index is 9.33. The first kappa shape index (κ1) is 6.84. The summed E-state index contributed by atoms with van der Waals surface area (Å²) in [6.45, 7) is 0. The number of aromatic nitrogens is 1. The van der Waals surface area contributed by atoms with Crippen molar-refractivity contribution >= 4 is 16.6 Å². The van der Waals surface area contributed by atoms with Gasteiger partial charge in [0.15, 0.2) is 0 Å². The molecule has 0 saturated carbocycles. The first-order valence-electron chi connectivity index (χ1n) is 3.48. The Balaban J connectivity index is 2.98. The standard InChI is InChI=1S/C8H8N2O2/c9-6-1-2-7(11)5-3-4-10(12)8(5)6/h1-4,11-12H,9H2. The summed E-state index contributed by atoms with van der Waals surface area (Å²) in [6, 6.07) is 4.64. The van der Waals surface area contributed by atoms with Crippen LogP contribution in [0.1, 0.15) is 0 Å². The lowest BCUT2D eigenvalue weighted by atomic mass is 10.2. The first-order valence-corrected chi connectivity index (χ1v) is 3.48. The van der Waals surface area contributed by atoms with Crippen molar-refractivity contribution in [3.05, 3.63) is 24.4 Å². The van der Waals surface area contributed by atoms with Gasteiger partial charge in [0.05, 0.1) is 5.69 Å². The number of hydrogen-bond donors (Lipinski definition) is 3. The monoisotopic (exact) mass is 164 g/mol. The Bertz CT molecular complexity index is 434. The molecule has 1 aromatic heterocycles. The van der Waals surface area contributed by atoms with Gasteiger partial charge in [-0.3, -0.25) is 0 Å². The van der Waals surface area contributed by atoms with E-state index in [4.69, 9.17) is 5.73 Å². The Kier molecular flexibility index (Phi) is 1.18. The molecular weight excluding hydrogens is 156 g/mol. The molecule has 4 heteroatoms. The fourth-order valence-electron chi connectivity index (χ4n) is 1.25. The summed E-state index contributed by atoms with van der Waals surface area (Å²) in [7, 11) is 0. The van der Waals surface area contributed by atoms with Crippen LogP contribution in [0.3, 0.4) is 0 Å². The van der Waals surface area contributed by atoms with Crippen molar-refractivity contribution in [2.24, 2.45) is 0 Å². The maximum atomic E-state index is 9.33. The molecule has 0 atom stereocenters. The van der Waals surface area contributed by atoms with E-state index in [1.54, 1.807) is 12.1 Å². The minimum Gasteiger partial charge on any atom is -0.507 e. The summed E-state index contributed by atoms with van der Waals surface area (Å²) in [5, 5.41) is 19.1. The zero-order valence-electron chi connectivity index (χ0n) is 6.23. The van der Waals surface area contributed by atoms with Crippen LogP contribution in [-0.2, 0) is 0 Å². The summed E-state index contributed by atoms with van der Waals surface area (Å²) in [5.41, 5.74) is 6.46. The van der Waals surface area contributed by atoms with E-state index in [9.17, 15) is 10.3 Å². The molecule has 0 radical (unpaired) electrons. The number of aromatic hydroxyl groups is 1. The highest BCUT2D eigenvalue weighted by atomic mass is 16.5. The van der Waals surface area contributed by atoms with Gasteiger partial charge in [0.2, 0.25) is 0 Å². The molecule has 0 bridgehead atoms. The van der Waals surface area contributed by atoms with E-state index < -0.39 is 0 Å². The van der Waals surface area contributed by atoms with Crippen molar-refractivity contribution in [1.29, 1.82) is 0 Å². The van der Waals surface area contributed by atoms with Crippen LogP contribution in [0.15, 0.2) is 24.4 Å². The summed E-state index contributed by atoms with van der Waals surface area (Å²) in [4.78, 5) is 0. The third-order valence-corrected chi connectivity index (χ3v) is 1.84. The van der Waals surface area contributed by atoms with Gasteiger partial charge in [-0.2, -0.15) is 4.73 Å². The second-order valence-electron chi connectivity index (χ2n) is 2.60. The topological polar surface area (TPSA) is 71.4 Å². The average molecular weight is 164 g/mol. The van der Waals surface area contributed by atoms with Crippen LogP contribution >= 0.6 is 0 Å². The molecule has 0 amide bonds. The Hall–Kier alpha value is -1.84. The molecule has 0 unspecified atom stereocenters. The number of anilines is 1. The summed E-state index contributed by atoms with van der Waals surface area (Å²) in [6.07, 6.45) is 1.43. The van der Waals surface area contributed by atoms with Crippen LogP contribution in [0.5, 0.6) is 5.75 Å². The molecule has 2 aromatic rings. The van der Waals surface area contributed by atoms with Crippen LogP contribution in [0.2, 0.25) is 0 Å². The number of fused-ring (bicyclic) bond motifs is 1. The van der Waals surface area contributed by atoms with Crippen LogP contribution in [0.25, 0.3) is 10.9 Å². The number of phenols is 1. The number of rotatable bonds is 0. The van der Waals surface area contributed by atoms with Gasteiger partial charge in [-0.05, 0) is 18.2 Å². The molecule has 62 valence electrons. The molecule has 4 nitrogen and oxygen atoms in total. The number of hydrogen-bond acceptors (Lipinski definition) is 3. The number of nitrogens with two attached hydrogens (primary N) is 1. The zero-order valence-corrected chi connectivity index (χ0v) is 6.23. The van der Waals surface area contributed by atoms with Crippen LogP contribution in [-0.4, -0.2) is 15.0 Å². The van der Waals surface area contributed by atoms with Crippen LogP contribution in [0.4, 0.5) is 5.69 Å². The second kappa shape index (κ2) is 2.07. The lowest BCUT2D eigenvalue weighted by molar-refractivity contribution is 0.200. The Morgan fingerprint density at radius 3 is 2.67 bits per heavy atom. The van der Waals surface area contributed by atoms with Gasteiger partial charge < -0.3 is 16.0 Å². The largest absolute Gasteiger partial charge is 0.507 e. The minimum absolute atomic E-state index is 0.118. The summed E-state index contributed by atoms with van der Waals surface area (Å²) < 4.78 is 0.893. The molecule has 1 heterocycles. The quantitative estimate of drug-likeness (QED) is 0.311. The van der Waals surface area contributed by atoms with E-state index in [-0.39, 0.29) is 5.75 Å². The Morgan fingerprint density at radius 2 is 2.00 bits per heavy atom. The molecular formula is C8H8N2O2. The van der Waals surface area contributed by atoms with Gasteiger partial charge in [-0.1, -0.05) is 0 Å². The molecule has 0 aliphatic heterocycles. The fourth-order valence-corrected chi connectivity index (χ4v) is 1.25. The van der Waals surface area contributed by atoms with Gasteiger partial charge in [-0.15, -0.1) is 0 Å². The Morgan fingerprint density at radius 1 is 1.25 bits per heavy atom. The van der Waals surface area contributed by atoms with Gasteiger partial charge in [0, 0.05) is 11.6 Å². The highest BCUT2D eigenvalue weighted by Crippen LogP contribution is 2.28. The van der Waals surface area contributed by atoms with Crippen molar-refractivity contribution in [2.75, 3.05) is 5.73 Å².